The zero-order valence-electron chi connectivity index (χ0n) is 14.9. The molecule has 0 spiro atoms. The fourth-order valence-corrected chi connectivity index (χ4v) is 2.92. The molecule has 1 amide bonds. The van der Waals surface area contributed by atoms with E-state index in [1.807, 2.05) is 6.92 Å². The van der Waals surface area contributed by atoms with Crippen LogP contribution in [0.15, 0.2) is 24.3 Å². The van der Waals surface area contributed by atoms with E-state index in [0.717, 1.165) is 12.0 Å². The van der Waals surface area contributed by atoms with Crippen molar-refractivity contribution in [2.45, 2.75) is 50.7 Å². The van der Waals surface area contributed by atoms with Gasteiger partial charge in [0.25, 0.3) is 0 Å². The Labute approximate surface area is 158 Å². The van der Waals surface area contributed by atoms with Crippen molar-refractivity contribution in [1.82, 2.24) is 5.32 Å². The summed E-state index contributed by atoms with van der Waals surface area (Å²) in [6, 6.07) is 8.48. The van der Waals surface area contributed by atoms with Crippen molar-refractivity contribution in [2.75, 3.05) is 0 Å². The van der Waals surface area contributed by atoms with E-state index in [9.17, 15) is 14.4 Å². The largest absolute Gasteiger partial charge is 0.479 e. The number of hydrogen-bond acceptors (Lipinski definition) is 5. The van der Waals surface area contributed by atoms with Crippen molar-refractivity contribution >= 4 is 41.4 Å². The third-order valence-corrected chi connectivity index (χ3v) is 5.22. The van der Waals surface area contributed by atoms with Gasteiger partial charge in [-0.15, -0.1) is 12.6 Å². The highest BCUT2D eigenvalue weighted by Gasteiger charge is 2.52. The first-order chi connectivity index (χ1) is 11.6. The van der Waals surface area contributed by atoms with E-state index in [4.69, 9.17) is 5.11 Å². The summed E-state index contributed by atoms with van der Waals surface area (Å²) < 4.78 is -0.240. The highest BCUT2D eigenvalue weighted by Crippen LogP contribution is 2.54. The van der Waals surface area contributed by atoms with Gasteiger partial charge in [-0.05, 0) is 30.4 Å². The number of carbonyl (C=O) groups is 3. The molecule has 0 aromatic heterocycles. The number of nitrogens with one attached hydrogen (secondary N) is 1. The van der Waals surface area contributed by atoms with Crippen LogP contribution in [0.25, 0.3) is 0 Å². The van der Waals surface area contributed by atoms with Crippen molar-refractivity contribution in [2.24, 2.45) is 5.92 Å². The lowest BCUT2D eigenvalue weighted by molar-refractivity contribution is -0.139. The molecule has 2 unspecified atom stereocenters. The molecule has 1 heterocycles. The predicted octanol–water partition coefficient (Wildman–Crippen LogP) is 3.23. The standard InChI is InChI=1S/C13H16OS.C5H9NO3S/c1-9(2)8-10-4-6-11(7-5-10)13(3)12(14)15-13;1-2-3(7)6-4(10)5(8)9/h4-7,9H,8H2,1-3H3;4,10H,2H2,1H3,(H,6,7)(H,8,9). The highest BCUT2D eigenvalue weighted by atomic mass is 32.2. The van der Waals surface area contributed by atoms with Gasteiger partial charge in [0.05, 0.1) is 0 Å². The molecule has 2 rings (SSSR count). The van der Waals surface area contributed by atoms with Gasteiger partial charge in [-0.3, -0.25) is 9.59 Å². The van der Waals surface area contributed by atoms with E-state index in [0.29, 0.717) is 11.0 Å². The van der Waals surface area contributed by atoms with Crippen molar-refractivity contribution < 1.29 is 19.5 Å². The lowest BCUT2D eigenvalue weighted by Crippen LogP contribution is -2.36. The van der Waals surface area contributed by atoms with Gasteiger partial charge in [-0.1, -0.05) is 56.8 Å². The molecule has 1 saturated heterocycles. The smallest absolute Gasteiger partial charge is 0.336 e. The molecule has 1 aliphatic heterocycles. The first kappa shape index (κ1) is 21.6. The van der Waals surface area contributed by atoms with Gasteiger partial charge >= 0.3 is 5.97 Å². The topological polar surface area (TPSA) is 83.5 Å². The Bertz CT molecular complexity index is 630. The molecule has 0 bridgehead atoms. The van der Waals surface area contributed by atoms with Crippen LogP contribution in [-0.2, 0) is 25.6 Å². The first-order valence-electron chi connectivity index (χ1n) is 8.13. The molecule has 1 aromatic rings. The second-order valence-electron chi connectivity index (χ2n) is 6.38. The van der Waals surface area contributed by atoms with Crippen LogP contribution < -0.4 is 5.32 Å². The van der Waals surface area contributed by atoms with Crippen LogP contribution in [0.3, 0.4) is 0 Å². The van der Waals surface area contributed by atoms with Gasteiger partial charge in [-0.25, -0.2) is 4.79 Å². The van der Waals surface area contributed by atoms with Crippen LogP contribution in [0.5, 0.6) is 0 Å². The van der Waals surface area contributed by atoms with Crippen LogP contribution in [0.1, 0.15) is 45.2 Å². The van der Waals surface area contributed by atoms with Gasteiger partial charge in [0, 0.05) is 6.42 Å². The minimum absolute atomic E-state index is 0.240. The molecule has 7 heteroatoms. The van der Waals surface area contributed by atoms with Crippen LogP contribution in [0.4, 0.5) is 0 Å². The van der Waals surface area contributed by atoms with Crippen molar-refractivity contribution in [3.63, 3.8) is 0 Å². The number of carboxylic acids is 1. The molecule has 1 fully saturated rings. The van der Waals surface area contributed by atoms with Crippen molar-refractivity contribution in [3.8, 4) is 0 Å². The summed E-state index contributed by atoms with van der Waals surface area (Å²) in [6.45, 7) is 8.07. The van der Waals surface area contributed by atoms with E-state index in [2.05, 4.69) is 56.1 Å². The van der Waals surface area contributed by atoms with Gasteiger partial charge in [0.1, 0.15) is 4.75 Å². The van der Waals surface area contributed by atoms with Crippen molar-refractivity contribution in [3.05, 3.63) is 35.4 Å². The molecule has 0 radical (unpaired) electrons. The summed E-state index contributed by atoms with van der Waals surface area (Å²) in [5.74, 6) is -0.782. The number of benzene rings is 1. The number of thioether (sulfide) groups is 1. The zero-order valence-corrected chi connectivity index (χ0v) is 16.6. The number of thiol groups is 1. The van der Waals surface area contributed by atoms with Crippen LogP contribution in [-0.4, -0.2) is 27.5 Å². The minimum Gasteiger partial charge on any atom is -0.479 e. The van der Waals surface area contributed by atoms with E-state index < -0.39 is 11.3 Å². The Hall–Kier alpha value is -1.47. The zero-order chi connectivity index (χ0) is 19.2. The van der Waals surface area contributed by atoms with Crippen LogP contribution in [0, 0.1) is 5.92 Å². The third-order valence-electron chi connectivity index (χ3n) is 3.65. The molecule has 2 N–H and O–H groups in total. The lowest BCUT2D eigenvalue weighted by atomic mass is 9.97. The number of rotatable bonds is 6. The van der Waals surface area contributed by atoms with Gasteiger partial charge < -0.3 is 10.4 Å². The van der Waals surface area contributed by atoms with Crippen LogP contribution >= 0.6 is 24.4 Å². The van der Waals surface area contributed by atoms with E-state index in [-0.39, 0.29) is 17.1 Å². The Morgan fingerprint density at radius 2 is 1.80 bits per heavy atom. The molecular weight excluding hydrogens is 358 g/mol. The third kappa shape index (κ3) is 6.74. The quantitative estimate of drug-likeness (QED) is 0.399. The van der Waals surface area contributed by atoms with E-state index in [1.165, 1.54) is 17.3 Å². The Balaban J connectivity index is 0.000000275. The first-order valence-corrected chi connectivity index (χ1v) is 9.46. The Kier molecular flexibility index (Phi) is 8.02. The van der Waals surface area contributed by atoms with Gasteiger partial charge in [0.15, 0.2) is 5.37 Å². The molecule has 0 aliphatic carbocycles. The molecule has 0 saturated carbocycles. The summed E-state index contributed by atoms with van der Waals surface area (Å²) in [6.07, 6.45) is 1.38. The normalized spacial score (nSPS) is 19.7. The molecule has 5 nitrogen and oxygen atoms in total. The fourth-order valence-electron chi connectivity index (χ4n) is 2.08. The summed E-state index contributed by atoms with van der Waals surface area (Å²) >= 11 is 5.01. The monoisotopic (exact) mass is 383 g/mol. The van der Waals surface area contributed by atoms with Gasteiger partial charge in [0.2, 0.25) is 11.0 Å². The molecule has 2 atom stereocenters. The van der Waals surface area contributed by atoms with Crippen molar-refractivity contribution in [1.29, 1.82) is 0 Å². The highest BCUT2D eigenvalue weighted by molar-refractivity contribution is 8.25. The summed E-state index contributed by atoms with van der Waals surface area (Å²) in [5.41, 5.74) is 2.50. The average Bonchev–Trinajstić information content (AvgIpc) is 3.16. The average molecular weight is 384 g/mol. The summed E-state index contributed by atoms with van der Waals surface area (Å²) in [7, 11) is 0. The number of carboxylic acid groups (broad SMARTS) is 1. The fraction of sp³-hybridized carbons (Fsp3) is 0.500. The Morgan fingerprint density at radius 3 is 2.16 bits per heavy atom. The number of carbonyl (C=O) groups excluding carboxylic acids is 2. The molecular formula is C18H25NO4S2. The number of amides is 1. The molecule has 138 valence electrons. The Morgan fingerprint density at radius 1 is 1.28 bits per heavy atom. The second kappa shape index (κ2) is 9.29. The SMILES string of the molecule is CC(C)Cc1ccc(C2(C)SC2=O)cc1.CCC(=O)NC(S)C(=O)O. The molecule has 1 aromatic carbocycles. The second-order valence-corrected chi connectivity index (χ2v) is 8.29. The van der Waals surface area contributed by atoms with E-state index in [1.54, 1.807) is 6.92 Å². The summed E-state index contributed by atoms with van der Waals surface area (Å²) in [4.78, 5) is 31.8. The molecule has 1 aliphatic rings. The molecule has 25 heavy (non-hydrogen) atoms. The minimum atomic E-state index is -1.15. The van der Waals surface area contributed by atoms with Crippen LogP contribution in [0.2, 0.25) is 0 Å². The maximum absolute atomic E-state index is 11.2. The van der Waals surface area contributed by atoms with E-state index >= 15 is 0 Å². The lowest BCUT2D eigenvalue weighted by Gasteiger charge is -2.08. The van der Waals surface area contributed by atoms with Gasteiger partial charge in [-0.2, -0.15) is 0 Å². The predicted molar refractivity (Wildman–Crippen MR) is 104 cm³/mol. The number of aliphatic carboxylic acids is 1. The number of hydrogen-bond donors (Lipinski definition) is 3. The maximum Gasteiger partial charge on any atom is 0.336 e. The summed E-state index contributed by atoms with van der Waals surface area (Å²) in [5, 5.41) is 9.59. The maximum atomic E-state index is 11.2.